The van der Waals surface area contributed by atoms with Crippen LogP contribution in [0.15, 0.2) is 30.6 Å². The van der Waals surface area contributed by atoms with Gasteiger partial charge in [0.25, 0.3) is 0 Å². The van der Waals surface area contributed by atoms with Crippen molar-refractivity contribution in [3.05, 3.63) is 52.7 Å². The number of benzene rings is 1. The molecule has 0 saturated carbocycles. The lowest BCUT2D eigenvalue weighted by Crippen LogP contribution is -2.25. The molecule has 0 amide bonds. The third-order valence-corrected chi connectivity index (χ3v) is 4.58. The normalized spacial score (nSPS) is 17.2. The first-order valence-corrected chi connectivity index (χ1v) is 8.75. The summed E-state index contributed by atoms with van der Waals surface area (Å²) in [4.78, 5) is 10.7. The molecule has 1 aliphatic rings. The van der Waals surface area contributed by atoms with Crippen molar-refractivity contribution in [3.63, 3.8) is 0 Å². The highest BCUT2D eigenvalue weighted by Crippen LogP contribution is 2.24. The highest BCUT2D eigenvalue weighted by molar-refractivity contribution is 6.30. The van der Waals surface area contributed by atoms with Crippen molar-refractivity contribution in [1.82, 2.24) is 14.9 Å². The zero-order valence-corrected chi connectivity index (χ0v) is 15.0. The van der Waals surface area contributed by atoms with E-state index in [9.17, 15) is 4.39 Å². The van der Waals surface area contributed by atoms with E-state index in [1.165, 1.54) is 6.07 Å². The first-order valence-electron chi connectivity index (χ1n) is 8.38. The van der Waals surface area contributed by atoms with Crippen LogP contribution >= 0.6 is 11.6 Å². The molecule has 1 saturated heterocycles. The second-order valence-electron chi connectivity index (χ2n) is 6.30. The summed E-state index contributed by atoms with van der Waals surface area (Å²) in [7, 11) is 2.00. The number of anilines is 1. The minimum atomic E-state index is -0.380. The van der Waals surface area contributed by atoms with E-state index in [1.807, 2.05) is 19.2 Å². The highest BCUT2D eigenvalue weighted by Gasteiger charge is 2.19. The smallest absolute Gasteiger partial charge is 0.142 e. The molecule has 1 N–H and O–H groups in total. The van der Waals surface area contributed by atoms with Crippen LogP contribution in [0, 0.1) is 5.82 Å². The van der Waals surface area contributed by atoms with E-state index < -0.39 is 0 Å². The second-order valence-corrected chi connectivity index (χ2v) is 6.71. The average molecular weight is 365 g/mol. The maximum atomic E-state index is 13.5. The van der Waals surface area contributed by atoms with Crippen molar-refractivity contribution >= 4 is 17.4 Å². The summed E-state index contributed by atoms with van der Waals surface area (Å²) in [5, 5.41) is 3.47. The topological polar surface area (TPSA) is 50.3 Å². The maximum absolute atomic E-state index is 13.5. The first kappa shape index (κ1) is 18.0. The van der Waals surface area contributed by atoms with Crippen LogP contribution in [0.5, 0.6) is 0 Å². The fraction of sp³-hybridized carbons (Fsp3) is 0.444. The lowest BCUT2D eigenvalue weighted by Gasteiger charge is -2.17. The molecule has 134 valence electrons. The van der Waals surface area contributed by atoms with Gasteiger partial charge in [0.1, 0.15) is 18.0 Å². The molecule has 7 heteroatoms. The Morgan fingerprint density at radius 3 is 3.00 bits per heavy atom. The lowest BCUT2D eigenvalue weighted by molar-refractivity contribution is 0.193. The van der Waals surface area contributed by atoms with Gasteiger partial charge in [-0.1, -0.05) is 17.7 Å². The van der Waals surface area contributed by atoms with Gasteiger partial charge in [-0.05, 0) is 31.2 Å². The standard InChI is InChI=1S/C18H22ClFN4O/c1-24(10-13-2-3-15(19)16(20)8-13)6-5-21-18-9-17(22-12-23-18)14-4-7-25-11-14/h2-3,8-9,12,14H,4-7,10-11H2,1H3,(H,21,22,23). The second kappa shape index (κ2) is 8.56. The minimum absolute atomic E-state index is 0.153. The molecule has 5 nitrogen and oxygen atoms in total. The van der Waals surface area contributed by atoms with E-state index in [1.54, 1.807) is 12.4 Å². The molecule has 1 fully saturated rings. The number of nitrogens with one attached hydrogen (secondary N) is 1. The quantitative estimate of drug-likeness (QED) is 0.816. The molecular formula is C18H22ClFN4O. The molecule has 0 radical (unpaired) electrons. The van der Waals surface area contributed by atoms with Crippen molar-refractivity contribution in [2.75, 3.05) is 38.7 Å². The summed E-state index contributed by atoms with van der Waals surface area (Å²) in [5.41, 5.74) is 1.93. The Hall–Kier alpha value is -1.76. The molecular weight excluding hydrogens is 343 g/mol. The van der Waals surface area contributed by atoms with E-state index in [4.69, 9.17) is 16.3 Å². The van der Waals surface area contributed by atoms with Crippen LogP contribution in [0.25, 0.3) is 0 Å². The summed E-state index contributed by atoms with van der Waals surface area (Å²) in [6.07, 6.45) is 2.60. The molecule has 0 spiro atoms. The van der Waals surface area contributed by atoms with Gasteiger partial charge in [-0.15, -0.1) is 0 Å². The van der Waals surface area contributed by atoms with Gasteiger partial charge >= 0.3 is 0 Å². The molecule has 25 heavy (non-hydrogen) atoms. The summed E-state index contributed by atoms with van der Waals surface area (Å²) in [6.45, 7) is 3.73. The third-order valence-electron chi connectivity index (χ3n) is 4.27. The van der Waals surface area contributed by atoms with Crippen LogP contribution < -0.4 is 5.32 Å². The molecule has 1 aliphatic heterocycles. The fourth-order valence-corrected chi connectivity index (χ4v) is 2.98. The van der Waals surface area contributed by atoms with Crippen LogP contribution in [-0.2, 0) is 11.3 Å². The third kappa shape index (κ3) is 5.11. The highest BCUT2D eigenvalue weighted by atomic mass is 35.5. The zero-order chi connectivity index (χ0) is 17.6. The first-order chi connectivity index (χ1) is 12.1. The summed E-state index contributed by atoms with van der Waals surface area (Å²) >= 11 is 5.71. The summed E-state index contributed by atoms with van der Waals surface area (Å²) < 4.78 is 18.9. The number of nitrogens with zero attached hydrogens (tertiary/aromatic N) is 3. The Bertz CT molecular complexity index is 709. The van der Waals surface area contributed by atoms with Crippen LogP contribution in [0.2, 0.25) is 5.02 Å². The molecule has 2 heterocycles. The van der Waals surface area contributed by atoms with E-state index in [-0.39, 0.29) is 10.8 Å². The predicted octanol–water partition coefficient (Wildman–Crippen LogP) is 3.32. The number of hydrogen-bond acceptors (Lipinski definition) is 5. The van der Waals surface area contributed by atoms with Gasteiger partial charge in [-0.2, -0.15) is 0 Å². The number of likely N-dealkylation sites (N-methyl/N-ethyl adjacent to an activating group) is 1. The van der Waals surface area contributed by atoms with Crippen LogP contribution in [0.4, 0.5) is 10.2 Å². The molecule has 0 bridgehead atoms. The zero-order valence-electron chi connectivity index (χ0n) is 14.2. The van der Waals surface area contributed by atoms with Gasteiger partial charge in [0.15, 0.2) is 0 Å². The number of hydrogen-bond donors (Lipinski definition) is 1. The lowest BCUT2D eigenvalue weighted by atomic mass is 10.1. The molecule has 1 atom stereocenters. The van der Waals surface area contributed by atoms with Crippen LogP contribution in [0.1, 0.15) is 23.6 Å². The molecule has 3 rings (SSSR count). The summed E-state index contributed by atoms with van der Waals surface area (Å²) in [6, 6.07) is 6.91. The van der Waals surface area contributed by atoms with E-state index in [0.29, 0.717) is 12.5 Å². The maximum Gasteiger partial charge on any atom is 0.142 e. The van der Waals surface area contributed by atoms with Gasteiger partial charge < -0.3 is 15.0 Å². The number of aromatic nitrogens is 2. The van der Waals surface area contributed by atoms with Gasteiger partial charge in [0, 0.05) is 38.2 Å². The van der Waals surface area contributed by atoms with Crippen molar-refractivity contribution < 1.29 is 9.13 Å². The molecule has 0 aliphatic carbocycles. The monoisotopic (exact) mass is 364 g/mol. The Labute approximate surface area is 152 Å². The average Bonchev–Trinajstić information content (AvgIpc) is 3.13. The predicted molar refractivity (Wildman–Crippen MR) is 96.4 cm³/mol. The SMILES string of the molecule is CN(CCNc1cc(C2CCOC2)ncn1)Cc1ccc(Cl)c(F)c1. The molecule has 1 aromatic carbocycles. The minimum Gasteiger partial charge on any atom is -0.381 e. The van der Waals surface area contributed by atoms with E-state index >= 15 is 0 Å². The van der Waals surface area contributed by atoms with Gasteiger partial charge in [-0.3, -0.25) is 0 Å². The molecule has 1 aromatic heterocycles. The molecule has 2 aromatic rings. The van der Waals surface area contributed by atoms with Crippen LogP contribution in [0.3, 0.4) is 0 Å². The van der Waals surface area contributed by atoms with E-state index in [2.05, 4.69) is 20.2 Å². The van der Waals surface area contributed by atoms with Gasteiger partial charge in [0.05, 0.1) is 17.3 Å². The van der Waals surface area contributed by atoms with Gasteiger partial charge in [0.2, 0.25) is 0 Å². The van der Waals surface area contributed by atoms with Crippen molar-refractivity contribution in [3.8, 4) is 0 Å². The van der Waals surface area contributed by atoms with E-state index in [0.717, 1.165) is 49.8 Å². The number of halogens is 2. The van der Waals surface area contributed by atoms with Crippen molar-refractivity contribution in [1.29, 1.82) is 0 Å². The van der Waals surface area contributed by atoms with Crippen molar-refractivity contribution in [2.24, 2.45) is 0 Å². The number of ether oxygens (including phenoxy) is 1. The molecule has 1 unspecified atom stereocenters. The number of rotatable bonds is 7. The van der Waals surface area contributed by atoms with Crippen LogP contribution in [-0.4, -0.2) is 48.2 Å². The largest absolute Gasteiger partial charge is 0.381 e. The Kier molecular flexibility index (Phi) is 6.18. The summed E-state index contributed by atoms with van der Waals surface area (Å²) in [5.74, 6) is 0.809. The Morgan fingerprint density at radius 2 is 2.24 bits per heavy atom. The Morgan fingerprint density at radius 1 is 1.36 bits per heavy atom. The Balaban J connectivity index is 1.47. The van der Waals surface area contributed by atoms with Crippen molar-refractivity contribution in [2.45, 2.75) is 18.9 Å². The fourth-order valence-electron chi connectivity index (χ4n) is 2.86. The van der Waals surface area contributed by atoms with Gasteiger partial charge in [-0.25, -0.2) is 14.4 Å².